The fraction of sp³-hybridized carbons (Fsp3) is 0.423. The van der Waals surface area contributed by atoms with E-state index in [9.17, 15) is 10.1 Å². The molecule has 2 aromatic carbocycles. The van der Waals surface area contributed by atoms with Crippen molar-refractivity contribution in [3.63, 3.8) is 0 Å². The summed E-state index contributed by atoms with van der Waals surface area (Å²) < 4.78 is 0. The highest BCUT2D eigenvalue weighted by Gasteiger charge is 2.49. The second-order valence-corrected chi connectivity index (χ2v) is 9.04. The van der Waals surface area contributed by atoms with Crippen LogP contribution in [0.2, 0.25) is 0 Å². The van der Waals surface area contributed by atoms with Gasteiger partial charge in [-0.2, -0.15) is 5.26 Å². The fourth-order valence-electron chi connectivity index (χ4n) is 5.52. The average molecular weight is 428 g/mol. The lowest BCUT2D eigenvalue weighted by Crippen LogP contribution is -2.60. The summed E-state index contributed by atoms with van der Waals surface area (Å²) >= 11 is 0. The number of benzene rings is 2. The van der Waals surface area contributed by atoms with Crippen LogP contribution < -0.4 is 5.32 Å². The second-order valence-electron chi connectivity index (χ2n) is 9.04. The van der Waals surface area contributed by atoms with E-state index >= 15 is 0 Å². The number of hydrogen-bond donors (Lipinski definition) is 1. The molecule has 0 radical (unpaired) electrons. The molecule has 2 aliphatic heterocycles. The Hall–Kier alpha value is -3.17. The number of piperazine rings is 1. The first kappa shape index (κ1) is 20.7. The molecule has 6 nitrogen and oxygen atoms in total. The molecule has 1 spiro atoms. The van der Waals surface area contributed by atoms with E-state index in [1.807, 2.05) is 0 Å². The maximum Gasteiger partial charge on any atom is 0.246 e. The largest absolute Gasteiger partial charge is 0.340 e. The normalized spacial score (nSPS) is 23.1. The van der Waals surface area contributed by atoms with Crippen LogP contribution in [-0.2, 0) is 4.79 Å². The minimum atomic E-state index is -0.671. The third-order valence-corrected chi connectivity index (χ3v) is 7.17. The molecule has 2 fully saturated rings. The van der Waals surface area contributed by atoms with Crippen molar-refractivity contribution < 1.29 is 4.79 Å². The van der Waals surface area contributed by atoms with Gasteiger partial charge in [-0.25, -0.2) is 4.99 Å². The van der Waals surface area contributed by atoms with Crippen molar-refractivity contribution >= 4 is 11.9 Å². The highest BCUT2D eigenvalue weighted by Crippen LogP contribution is 2.41. The number of guanidine groups is 1. The van der Waals surface area contributed by atoms with Crippen LogP contribution >= 0.6 is 0 Å². The molecule has 3 aliphatic rings. The molecule has 1 saturated carbocycles. The van der Waals surface area contributed by atoms with E-state index < -0.39 is 11.5 Å². The van der Waals surface area contributed by atoms with Gasteiger partial charge in [0, 0.05) is 26.2 Å². The van der Waals surface area contributed by atoms with E-state index in [1.54, 1.807) is 0 Å². The molecule has 164 valence electrons. The fourth-order valence-corrected chi connectivity index (χ4v) is 5.52. The summed E-state index contributed by atoms with van der Waals surface area (Å²) in [5, 5.41) is 12.5. The lowest BCUT2D eigenvalue weighted by Gasteiger charge is -2.43. The molecule has 1 aliphatic carbocycles. The van der Waals surface area contributed by atoms with Gasteiger partial charge in [0.05, 0.1) is 17.6 Å². The second kappa shape index (κ2) is 8.76. The molecule has 1 saturated heterocycles. The molecule has 1 amide bonds. The Morgan fingerprint density at radius 2 is 1.50 bits per heavy atom. The van der Waals surface area contributed by atoms with Crippen molar-refractivity contribution in [2.75, 3.05) is 26.2 Å². The van der Waals surface area contributed by atoms with Gasteiger partial charge in [0.25, 0.3) is 0 Å². The topological polar surface area (TPSA) is 71.7 Å². The molecule has 1 N–H and O–H groups in total. The Labute approximate surface area is 189 Å². The number of hydrogen-bond acceptors (Lipinski definition) is 5. The van der Waals surface area contributed by atoms with Gasteiger partial charge < -0.3 is 4.90 Å². The van der Waals surface area contributed by atoms with Crippen molar-refractivity contribution in [3.8, 4) is 6.07 Å². The van der Waals surface area contributed by atoms with Crippen LogP contribution in [0.1, 0.15) is 42.9 Å². The van der Waals surface area contributed by atoms with Gasteiger partial charge in [-0.05, 0) is 24.0 Å². The number of rotatable bonds is 3. The average Bonchev–Trinajstić information content (AvgIpc) is 3.29. The zero-order valence-corrected chi connectivity index (χ0v) is 18.3. The van der Waals surface area contributed by atoms with Crippen LogP contribution in [0.3, 0.4) is 0 Å². The number of aliphatic imine (C=N–C) groups is 1. The summed E-state index contributed by atoms with van der Waals surface area (Å²) in [6.45, 7) is 3.33. The first-order chi connectivity index (χ1) is 15.7. The Balaban J connectivity index is 1.36. The third kappa shape index (κ3) is 3.78. The van der Waals surface area contributed by atoms with E-state index in [-0.39, 0.29) is 11.9 Å². The zero-order chi connectivity index (χ0) is 22.0. The van der Waals surface area contributed by atoms with Crippen molar-refractivity contribution in [3.05, 3.63) is 71.8 Å². The Kier molecular flexibility index (Phi) is 5.67. The molecule has 1 atom stereocenters. The number of nitrogens with one attached hydrogen (secondary N) is 1. The van der Waals surface area contributed by atoms with Gasteiger partial charge in [0.2, 0.25) is 11.9 Å². The number of carbonyl (C=O) groups excluding carboxylic acids is 1. The molecule has 2 aromatic rings. The first-order valence-electron chi connectivity index (χ1n) is 11.6. The molecule has 32 heavy (non-hydrogen) atoms. The van der Waals surface area contributed by atoms with Crippen molar-refractivity contribution in [2.45, 2.75) is 37.3 Å². The van der Waals surface area contributed by atoms with Crippen molar-refractivity contribution in [2.24, 2.45) is 10.9 Å². The number of nitrogens with zero attached hydrogens (tertiary/aromatic N) is 4. The number of carbonyl (C=O) groups is 1. The van der Waals surface area contributed by atoms with E-state index in [0.717, 1.165) is 51.9 Å². The quantitative estimate of drug-likeness (QED) is 0.816. The smallest absolute Gasteiger partial charge is 0.246 e. The molecule has 0 bridgehead atoms. The Morgan fingerprint density at radius 1 is 0.938 bits per heavy atom. The molecule has 0 aromatic heterocycles. The minimum Gasteiger partial charge on any atom is -0.340 e. The highest BCUT2D eigenvalue weighted by molar-refractivity contribution is 6.02. The van der Waals surface area contributed by atoms with Crippen molar-refractivity contribution in [1.82, 2.24) is 15.1 Å². The molecule has 5 rings (SSSR count). The van der Waals surface area contributed by atoms with E-state index in [4.69, 9.17) is 4.99 Å². The van der Waals surface area contributed by atoms with Gasteiger partial charge in [-0.3, -0.25) is 15.0 Å². The maximum absolute atomic E-state index is 12.7. The molecular formula is C26H29N5O. The molecule has 6 heteroatoms. The zero-order valence-electron chi connectivity index (χ0n) is 18.3. The molecule has 2 heterocycles. The maximum atomic E-state index is 12.7. The summed E-state index contributed by atoms with van der Waals surface area (Å²) in [6.07, 6.45) is 3.72. The summed E-state index contributed by atoms with van der Waals surface area (Å²) in [5.74, 6) is -0.192. The van der Waals surface area contributed by atoms with Gasteiger partial charge in [-0.15, -0.1) is 0 Å². The Morgan fingerprint density at radius 3 is 2.03 bits per heavy atom. The molecule has 0 unspecified atom stereocenters. The number of amides is 1. The van der Waals surface area contributed by atoms with Gasteiger partial charge >= 0.3 is 0 Å². The summed E-state index contributed by atoms with van der Waals surface area (Å²) in [5.41, 5.74) is 2.05. The molecular weight excluding hydrogens is 398 g/mol. The van der Waals surface area contributed by atoms with Crippen LogP contribution in [0, 0.1) is 17.2 Å². The van der Waals surface area contributed by atoms with Gasteiger partial charge in [0.1, 0.15) is 0 Å². The number of nitriles is 1. The summed E-state index contributed by atoms with van der Waals surface area (Å²) in [4.78, 5) is 22.4. The van der Waals surface area contributed by atoms with Gasteiger partial charge in [0.15, 0.2) is 5.92 Å². The van der Waals surface area contributed by atoms with Crippen LogP contribution in [-0.4, -0.2) is 53.4 Å². The summed E-state index contributed by atoms with van der Waals surface area (Å²) in [6, 6.07) is 23.7. The summed E-state index contributed by atoms with van der Waals surface area (Å²) in [7, 11) is 0. The SMILES string of the molecule is N#C[C@@H]1C(=O)NC(N2CCN(C(c3ccccc3)c3ccccc3)CC2)=NC12CCCC2. The standard InChI is InChI=1S/C26H29N5O/c27-19-22-24(32)28-25(29-26(22)13-7-8-14-26)31-17-15-30(16-18-31)23(20-9-3-1-4-10-20)21-11-5-2-6-12-21/h1-6,9-12,22-23H,7-8,13-18H2,(H,28,29,32)/t22-/m1/s1. The minimum absolute atomic E-state index is 0.187. The highest BCUT2D eigenvalue weighted by atomic mass is 16.2. The van der Waals surface area contributed by atoms with Crippen molar-refractivity contribution in [1.29, 1.82) is 5.26 Å². The predicted octanol–water partition coefficient (Wildman–Crippen LogP) is 3.33. The lowest BCUT2D eigenvalue weighted by molar-refractivity contribution is -0.124. The lowest BCUT2D eigenvalue weighted by atomic mass is 9.82. The van der Waals surface area contributed by atoms with E-state index in [2.05, 4.69) is 81.8 Å². The monoisotopic (exact) mass is 427 g/mol. The van der Waals surface area contributed by atoms with Crippen LogP contribution in [0.4, 0.5) is 0 Å². The first-order valence-corrected chi connectivity index (χ1v) is 11.6. The van der Waals surface area contributed by atoms with Crippen LogP contribution in [0.15, 0.2) is 65.7 Å². The van der Waals surface area contributed by atoms with E-state index in [1.165, 1.54) is 11.1 Å². The van der Waals surface area contributed by atoms with Crippen LogP contribution in [0.25, 0.3) is 0 Å². The predicted molar refractivity (Wildman–Crippen MR) is 124 cm³/mol. The Bertz CT molecular complexity index is 976. The van der Waals surface area contributed by atoms with Gasteiger partial charge in [-0.1, -0.05) is 73.5 Å². The van der Waals surface area contributed by atoms with E-state index in [0.29, 0.717) is 5.96 Å². The third-order valence-electron chi connectivity index (χ3n) is 7.17. The van der Waals surface area contributed by atoms with Crippen LogP contribution in [0.5, 0.6) is 0 Å².